The fourth-order valence-corrected chi connectivity index (χ4v) is 6.93. The Balaban J connectivity index is 0.000000255. The summed E-state index contributed by atoms with van der Waals surface area (Å²) >= 11 is 1.81. The van der Waals surface area contributed by atoms with Crippen molar-refractivity contribution >= 4 is 56.7 Å². The van der Waals surface area contributed by atoms with Crippen LogP contribution in [0, 0.1) is 12.8 Å². The van der Waals surface area contributed by atoms with E-state index < -0.39 is 0 Å². The summed E-state index contributed by atoms with van der Waals surface area (Å²) in [6.07, 6.45) is 18.8. The number of nitrogens with one attached hydrogen (secondary N) is 1. The number of para-hydroxylation sites is 1. The topological polar surface area (TPSA) is 15.3 Å². The van der Waals surface area contributed by atoms with Gasteiger partial charge < -0.3 is 10.2 Å². The summed E-state index contributed by atoms with van der Waals surface area (Å²) in [4.78, 5) is 2.24. The normalized spacial score (nSPS) is 15.2. The molecule has 0 unspecified atom stereocenters. The maximum Gasteiger partial charge on any atom is 0.0521 e. The van der Waals surface area contributed by atoms with Gasteiger partial charge >= 0.3 is 0 Å². The van der Waals surface area contributed by atoms with Crippen LogP contribution < -0.4 is 20.0 Å². The van der Waals surface area contributed by atoms with Gasteiger partial charge in [-0.25, -0.2) is 0 Å². The Bertz CT molecular complexity index is 2220. The van der Waals surface area contributed by atoms with Crippen LogP contribution in [0.25, 0.3) is 34.0 Å². The first-order valence-electron chi connectivity index (χ1n) is 19.6. The van der Waals surface area contributed by atoms with E-state index >= 15 is 0 Å². The van der Waals surface area contributed by atoms with Crippen LogP contribution in [-0.4, -0.2) is 0 Å². The number of benzene rings is 4. The molecule has 1 aliphatic carbocycles. The van der Waals surface area contributed by atoms with Crippen LogP contribution in [0.4, 0.5) is 11.4 Å². The summed E-state index contributed by atoms with van der Waals surface area (Å²) in [5.41, 5.74) is 10.4. The van der Waals surface area contributed by atoms with Gasteiger partial charge in [-0.15, -0.1) is 11.3 Å². The van der Waals surface area contributed by atoms with Gasteiger partial charge in [0.05, 0.1) is 4.53 Å². The Kier molecular flexibility index (Phi) is 16.1. The summed E-state index contributed by atoms with van der Waals surface area (Å²) in [5, 5.41) is 5.90. The molecular formula is C51H60N2S. The molecule has 2 heterocycles. The number of fused-ring (bicyclic) bond motifs is 4. The molecule has 4 aromatic carbocycles. The van der Waals surface area contributed by atoms with Crippen LogP contribution in [0.3, 0.4) is 0 Å². The Hall–Kier alpha value is -5.12. The lowest BCUT2D eigenvalue weighted by Gasteiger charge is -2.18. The van der Waals surface area contributed by atoms with Gasteiger partial charge in [0.25, 0.3) is 0 Å². The summed E-state index contributed by atoms with van der Waals surface area (Å²) < 4.78 is 2.47. The predicted molar refractivity (Wildman–Crippen MR) is 244 cm³/mol. The second-order valence-electron chi connectivity index (χ2n) is 14.1. The maximum absolute atomic E-state index is 4.40. The van der Waals surface area contributed by atoms with Crippen LogP contribution in [-0.2, 0) is 0 Å². The minimum Gasteiger partial charge on any atom is -0.359 e. The quantitative estimate of drug-likeness (QED) is 0.194. The zero-order valence-corrected chi connectivity index (χ0v) is 34.6. The molecule has 0 bridgehead atoms. The zero-order chi connectivity index (χ0) is 39.0. The van der Waals surface area contributed by atoms with Gasteiger partial charge in [-0.2, -0.15) is 0 Å². The highest BCUT2D eigenvalue weighted by molar-refractivity contribution is 7.17. The van der Waals surface area contributed by atoms with E-state index in [0.29, 0.717) is 5.92 Å². The monoisotopic (exact) mass is 732 g/mol. The molecule has 7 rings (SSSR count). The highest BCUT2D eigenvalue weighted by atomic mass is 32.1. The van der Waals surface area contributed by atoms with E-state index in [1.165, 1.54) is 48.8 Å². The van der Waals surface area contributed by atoms with Crippen molar-refractivity contribution in [3.8, 4) is 0 Å². The lowest BCUT2D eigenvalue weighted by molar-refractivity contribution is 0.626. The molecule has 0 atom stereocenters. The largest absolute Gasteiger partial charge is 0.359 e. The molecule has 1 aromatic heterocycles. The standard InChI is InChI=1S/C31H27NS.C13H15N.C5H12.C2H6/c1-21(2)25-11-9-12-26(19-25)32-17-16-24-10-5-6-13-27(24)23(4)22(3)18-29-28-14-7-8-15-30(28)33-31(29)20-32;1-11-7-5-6-10-13(11)14-12-8-3-2-4-9-12;1-4-5(2)3;1-2/h5-21H,3-4H2,1-2H3;2-3,5-8,10,14H,4,9H2,1H3;5H,4H2,1-3H3;1-2H3/b17-16-,29-18-,31-20+;;;. The minimum absolute atomic E-state index is 0.471. The van der Waals surface area contributed by atoms with E-state index in [0.717, 1.165) is 46.7 Å². The summed E-state index contributed by atoms with van der Waals surface area (Å²) in [7, 11) is 0. The first-order valence-corrected chi connectivity index (χ1v) is 20.4. The number of anilines is 2. The lowest BCUT2D eigenvalue weighted by Crippen LogP contribution is -2.23. The molecule has 0 radical (unpaired) electrons. The Morgan fingerprint density at radius 3 is 2.26 bits per heavy atom. The van der Waals surface area contributed by atoms with Gasteiger partial charge in [-0.1, -0.05) is 153 Å². The van der Waals surface area contributed by atoms with Gasteiger partial charge in [0.1, 0.15) is 0 Å². The van der Waals surface area contributed by atoms with Gasteiger partial charge in [-0.3, -0.25) is 0 Å². The van der Waals surface area contributed by atoms with Gasteiger partial charge in [0, 0.05) is 44.8 Å². The molecule has 0 amide bonds. The molecule has 280 valence electrons. The number of aryl methyl sites for hydroxylation is 1. The number of allylic oxidation sites excluding steroid dienone is 6. The molecule has 2 aliphatic rings. The molecule has 0 saturated carbocycles. The summed E-state index contributed by atoms with van der Waals surface area (Å²) in [6, 6.07) is 34.2. The van der Waals surface area contributed by atoms with E-state index in [1.54, 1.807) is 0 Å². The third-order valence-corrected chi connectivity index (χ3v) is 10.6. The Morgan fingerprint density at radius 1 is 0.852 bits per heavy atom. The van der Waals surface area contributed by atoms with Crippen molar-refractivity contribution in [3.63, 3.8) is 0 Å². The number of rotatable bonds is 5. The molecular weight excluding hydrogens is 673 g/mol. The van der Waals surface area contributed by atoms with E-state index in [1.807, 2.05) is 25.2 Å². The summed E-state index contributed by atoms with van der Waals surface area (Å²) in [6.45, 7) is 26.0. The molecule has 0 spiro atoms. The third-order valence-electron chi connectivity index (χ3n) is 9.43. The van der Waals surface area contributed by atoms with Crippen LogP contribution in [0.5, 0.6) is 0 Å². The maximum atomic E-state index is 4.40. The first-order chi connectivity index (χ1) is 26.1. The van der Waals surface area contributed by atoms with Crippen molar-refractivity contribution in [3.05, 3.63) is 178 Å². The van der Waals surface area contributed by atoms with Gasteiger partial charge in [-0.05, 0) is 107 Å². The predicted octanol–water partition coefficient (Wildman–Crippen LogP) is 14.0. The number of hydrogen-bond acceptors (Lipinski definition) is 3. The molecule has 54 heavy (non-hydrogen) atoms. The first kappa shape index (κ1) is 41.6. The van der Waals surface area contributed by atoms with E-state index in [2.05, 4.69) is 205 Å². The van der Waals surface area contributed by atoms with E-state index in [4.69, 9.17) is 0 Å². The average molecular weight is 733 g/mol. The summed E-state index contributed by atoms with van der Waals surface area (Å²) in [5.74, 6) is 1.36. The number of nitrogens with zero attached hydrogens (tertiary/aromatic N) is 1. The highest BCUT2D eigenvalue weighted by Gasteiger charge is 2.11. The van der Waals surface area contributed by atoms with Crippen LogP contribution in [0.1, 0.15) is 95.9 Å². The van der Waals surface area contributed by atoms with E-state index in [-0.39, 0.29) is 0 Å². The van der Waals surface area contributed by atoms with Crippen LogP contribution >= 0.6 is 11.3 Å². The molecule has 0 fully saturated rings. The number of hydrogen-bond donors (Lipinski definition) is 1. The lowest BCUT2D eigenvalue weighted by atomic mass is 9.95. The molecule has 1 N–H and O–H groups in total. The SMILES string of the molecule is C=C1/C=c2\c(sc3ccccc23)=C/N(c2cccc(C(C)C)c2)/C=C\c2ccccc2C1=C.CC.CCC(C)C.Cc1ccccc1NC1=CC=CCC1. The molecule has 2 nitrogen and oxygen atoms in total. The fourth-order valence-electron chi connectivity index (χ4n) is 5.81. The number of thiophene rings is 1. The van der Waals surface area contributed by atoms with Crippen molar-refractivity contribution in [1.82, 2.24) is 0 Å². The Labute approximate surface area is 330 Å². The van der Waals surface area contributed by atoms with Crippen molar-refractivity contribution in [2.24, 2.45) is 5.92 Å². The third kappa shape index (κ3) is 11.4. The van der Waals surface area contributed by atoms with Crippen LogP contribution in [0.2, 0.25) is 0 Å². The highest BCUT2D eigenvalue weighted by Crippen LogP contribution is 2.28. The molecule has 1 aliphatic heterocycles. The average Bonchev–Trinajstić information content (AvgIpc) is 3.54. The Morgan fingerprint density at radius 2 is 1.56 bits per heavy atom. The van der Waals surface area contributed by atoms with Gasteiger partial charge in [0.2, 0.25) is 0 Å². The minimum atomic E-state index is 0.471. The van der Waals surface area contributed by atoms with Gasteiger partial charge in [0.15, 0.2) is 0 Å². The van der Waals surface area contributed by atoms with Crippen molar-refractivity contribution in [1.29, 1.82) is 0 Å². The molecule has 3 heteroatoms. The second kappa shape index (κ2) is 20.9. The molecule has 5 aromatic rings. The van der Waals surface area contributed by atoms with Crippen LogP contribution in [0.15, 0.2) is 146 Å². The van der Waals surface area contributed by atoms with E-state index in [9.17, 15) is 0 Å². The van der Waals surface area contributed by atoms with Crippen molar-refractivity contribution < 1.29 is 0 Å². The zero-order valence-electron chi connectivity index (χ0n) is 33.8. The fraction of sp³-hybridized carbons (Fsp3) is 0.255. The second-order valence-corrected chi connectivity index (χ2v) is 15.2. The molecule has 0 saturated heterocycles. The van der Waals surface area contributed by atoms with Crippen molar-refractivity contribution in [2.45, 2.75) is 80.6 Å². The smallest absolute Gasteiger partial charge is 0.0521 e. The van der Waals surface area contributed by atoms with Crippen molar-refractivity contribution in [2.75, 3.05) is 10.2 Å².